The SMILES string of the molecule is COc1ccc(-c2nc(-c3ccc(C(=O)NCCN(C)C)s3)no2)cc1. The minimum Gasteiger partial charge on any atom is -0.497 e. The van der Waals surface area contributed by atoms with Crippen LogP contribution in [0.15, 0.2) is 40.9 Å². The largest absolute Gasteiger partial charge is 0.497 e. The molecule has 3 aromatic rings. The average Bonchev–Trinajstić information content (AvgIpc) is 3.31. The van der Waals surface area contributed by atoms with Gasteiger partial charge in [-0.25, -0.2) is 0 Å². The Kier molecular flexibility index (Phi) is 5.65. The molecule has 136 valence electrons. The first-order chi connectivity index (χ1) is 12.6. The van der Waals surface area contributed by atoms with Crippen LogP contribution in [0.2, 0.25) is 0 Å². The van der Waals surface area contributed by atoms with Gasteiger partial charge in [0.2, 0.25) is 5.82 Å². The van der Waals surface area contributed by atoms with Gasteiger partial charge >= 0.3 is 0 Å². The van der Waals surface area contributed by atoms with Gasteiger partial charge in [0.25, 0.3) is 11.8 Å². The fourth-order valence-electron chi connectivity index (χ4n) is 2.23. The number of hydrogen-bond donors (Lipinski definition) is 1. The number of rotatable bonds is 7. The monoisotopic (exact) mass is 372 g/mol. The number of thiophene rings is 1. The molecule has 0 saturated heterocycles. The molecule has 0 radical (unpaired) electrons. The van der Waals surface area contributed by atoms with Crippen LogP contribution in [0.25, 0.3) is 22.2 Å². The number of likely N-dealkylation sites (N-methyl/N-ethyl adjacent to an activating group) is 1. The van der Waals surface area contributed by atoms with E-state index in [0.717, 1.165) is 22.7 Å². The van der Waals surface area contributed by atoms with Crippen LogP contribution in [0.3, 0.4) is 0 Å². The predicted molar refractivity (Wildman–Crippen MR) is 100 cm³/mol. The molecule has 8 heteroatoms. The third kappa shape index (κ3) is 4.27. The molecule has 2 heterocycles. The van der Waals surface area contributed by atoms with Crippen LogP contribution in [0.4, 0.5) is 0 Å². The van der Waals surface area contributed by atoms with E-state index in [4.69, 9.17) is 9.26 Å². The topological polar surface area (TPSA) is 80.5 Å². The quantitative estimate of drug-likeness (QED) is 0.687. The van der Waals surface area contributed by atoms with Gasteiger partial charge in [0.1, 0.15) is 5.75 Å². The lowest BCUT2D eigenvalue weighted by molar-refractivity contribution is 0.0955. The normalized spacial score (nSPS) is 10.9. The fraction of sp³-hybridized carbons (Fsp3) is 0.278. The minimum absolute atomic E-state index is 0.0954. The summed E-state index contributed by atoms with van der Waals surface area (Å²) in [6.45, 7) is 1.39. The third-order valence-corrected chi connectivity index (χ3v) is 4.74. The van der Waals surface area contributed by atoms with Crippen molar-refractivity contribution in [3.05, 3.63) is 41.3 Å². The van der Waals surface area contributed by atoms with Crippen molar-refractivity contribution in [2.75, 3.05) is 34.3 Å². The molecule has 0 fully saturated rings. The lowest BCUT2D eigenvalue weighted by Gasteiger charge is -2.09. The summed E-state index contributed by atoms with van der Waals surface area (Å²) in [5.74, 6) is 1.56. The highest BCUT2D eigenvalue weighted by Gasteiger charge is 2.15. The van der Waals surface area contributed by atoms with E-state index in [1.165, 1.54) is 11.3 Å². The molecular weight excluding hydrogens is 352 g/mol. The predicted octanol–water partition coefficient (Wildman–Crippen LogP) is 2.77. The first-order valence-electron chi connectivity index (χ1n) is 8.08. The summed E-state index contributed by atoms with van der Waals surface area (Å²) in [4.78, 5) is 20.0. The summed E-state index contributed by atoms with van der Waals surface area (Å²) < 4.78 is 10.5. The smallest absolute Gasteiger partial charge is 0.261 e. The average molecular weight is 372 g/mol. The van der Waals surface area contributed by atoms with Gasteiger partial charge in [-0.2, -0.15) is 4.98 Å². The van der Waals surface area contributed by atoms with Crippen molar-refractivity contribution in [1.82, 2.24) is 20.4 Å². The van der Waals surface area contributed by atoms with E-state index in [1.807, 2.05) is 49.3 Å². The molecule has 0 aliphatic carbocycles. The Hall–Kier alpha value is -2.71. The first-order valence-corrected chi connectivity index (χ1v) is 8.90. The van der Waals surface area contributed by atoms with Crippen molar-refractivity contribution in [2.24, 2.45) is 0 Å². The number of benzene rings is 1. The van der Waals surface area contributed by atoms with E-state index in [1.54, 1.807) is 13.2 Å². The molecule has 3 rings (SSSR count). The van der Waals surface area contributed by atoms with Gasteiger partial charge < -0.3 is 19.5 Å². The highest BCUT2D eigenvalue weighted by Crippen LogP contribution is 2.28. The van der Waals surface area contributed by atoms with E-state index < -0.39 is 0 Å². The van der Waals surface area contributed by atoms with Crippen molar-refractivity contribution in [3.8, 4) is 27.9 Å². The van der Waals surface area contributed by atoms with Crippen LogP contribution in [-0.2, 0) is 0 Å². The minimum atomic E-state index is -0.0954. The van der Waals surface area contributed by atoms with Crippen molar-refractivity contribution in [2.45, 2.75) is 0 Å². The standard InChI is InChI=1S/C18H20N4O3S/c1-22(2)11-10-19-17(23)15-9-8-14(26-15)16-20-18(25-21-16)12-4-6-13(24-3)7-5-12/h4-9H,10-11H2,1-3H3,(H,19,23). The van der Waals surface area contributed by atoms with E-state index >= 15 is 0 Å². The molecule has 0 unspecified atom stereocenters. The summed E-state index contributed by atoms with van der Waals surface area (Å²) in [6, 6.07) is 11.0. The van der Waals surface area contributed by atoms with Gasteiger partial charge in [-0.15, -0.1) is 11.3 Å². The molecule has 0 spiro atoms. The highest BCUT2D eigenvalue weighted by molar-refractivity contribution is 7.17. The number of methoxy groups -OCH3 is 1. The molecule has 1 amide bonds. The molecule has 0 bridgehead atoms. The number of nitrogens with one attached hydrogen (secondary N) is 1. The number of aromatic nitrogens is 2. The van der Waals surface area contributed by atoms with Crippen molar-refractivity contribution in [1.29, 1.82) is 0 Å². The van der Waals surface area contributed by atoms with Crippen molar-refractivity contribution < 1.29 is 14.1 Å². The summed E-state index contributed by atoms with van der Waals surface area (Å²) in [5, 5.41) is 6.91. The summed E-state index contributed by atoms with van der Waals surface area (Å²) >= 11 is 1.34. The zero-order valence-corrected chi connectivity index (χ0v) is 15.7. The van der Waals surface area contributed by atoms with Crippen LogP contribution in [0, 0.1) is 0 Å². The first kappa shape index (κ1) is 18.1. The molecule has 7 nitrogen and oxygen atoms in total. The second-order valence-electron chi connectivity index (χ2n) is 5.87. The Morgan fingerprint density at radius 3 is 2.69 bits per heavy atom. The third-order valence-electron chi connectivity index (χ3n) is 3.66. The molecule has 1 aromatic carbocycles. The number of nitrogens with zero attached hydrogens (tertiary/aromatic N) is 3. The van der Waals surface area contributed by atoms with Crippen LogP contribution in [0.5, 0.6) is 5.75 Å². The van der Waals surface area contributed by atoms with Gasteiger partial charge in [-0.05, 0) is 50.5 Å². The molecule has 1 N–H and O–H groups in total. The van der Waals surface area contributed by atoms with Gasteiger partial charge in [-0.1, -0.05) is 5.16 Å². The van der Waals surface area contributed by atoms with Gasteiger partial charge in [0, 0.05) is 18.7 Å². The number of carbonyl (C=O) groups is 1. The Morgan fingerprint density at radius 1 is 1.23 bits per heavy atom. The van der Waals surface area contributed by atoms with E-state index in [2.05, 4.69) is 15.5 Å². The Bertz CT molecular complexity index is 871. The van der Waals surface area contributed by atoms with E-state index in [9.17, 15) is 4.79 Å². The van der Waals surface area contributed by atoms with Gasteiger partial charge in [-0.3, -0.25) is 4.79 Å². The molecule has 0 saturated carbocycles. The number of hydrogen-bond acceptors (Lipinski definition) is 7. The Balaban J connectivity index is 1.69. The second-order valence-corrected chi connectivity index (χ2v) is 6.96. The van der Waals surface area contributed by atoms with Crippen molar-refractivity contribution in [3.63, 3.8) is 0 Å². The second kappa shape index (κ2) is 8.11. The lowest BCUT2D eigenvalue weighted by atomic mass is 10.2. The number of carbonyl (C=O) groups excluding carboxylic acids is 1. The number of ether oxygens (including phenoxy) is 1. The van der Waals surface area contributed by atoms with E-state index in [-0.39, 0.29) is 5.91 Å². The van der Waals surface area contributed by atoms with Crippen LogP contribution in [-0.4, -0.2) is 55.2 Å². The molecule has 0 atom stereocenters. The summed E-state index contributed by atoms with van der Waals surface area (Å²) in [5.41, 5.74) is 0.808. The summed E-state index contributed by atoms with van der Waals surface area (Å²) in [6.07, 6.45) is 0. The summed E-state index contributed by atoms with van der Waals surface area (Å²) in [7, 11) is 5.54. The molecule has 0 aliphatic heterocycles. The molecular formula is C18H20N4O3S. The Labute approximate surface area is 155 Å². The lowest BCUT2D eigenvalue weighted by Crippen LogP contribution is -2.30. The van der Waals surface area contributed by atoms with E-state index in [0.29, 0.717) is 23.1 Å². The molecule has 0 aliphatic rings. The fourth-order valence-corrected chi connectivity index (χ4v) is 3.08. The zero-order chi connectivity index (χ0) is 18.5. The van der Waals surface area contributed by atoms with Crippen LogP contribution < -0.4 is 10.1 Å². The highest BCUT2D eigenvalue weighted by atomic mass is 32.1. The molecule has 2 aromatic heterocycles. The number of amides is 1. The zero-order valence-electron chi connectivity index (χ0n) is 14.9. The van der Waals surface area contributed by atoms with Gasteiger partial charge in [0.05, 0.1) is 16.9 Å². The maximum absolute atomic E-state index is 12.2. The maximum Gasteiger partial charge on any atom is 0.261 e. The molecule has 26 heavy (non-hydrogen) atoms. The van der Waals surface area contributed by atoms with Gasteiger partial charge in [0.15, 0.2) is 0 Å². The van der Waals surface area contributed by atoms with Crippen molar-refractivity contribution >= 4 is 17.2 Å². The Morgan fingerprint density at radius 2 is 2.00 bits per heavy atom. The van der Waals surface area contributed by atoms with Crippen LogP contribution >= 0.6 is 11.3 Å². The van der Waals surface area contributed by atoms with Crippen LogP contribution in [0.1, 0.15) is 9.67 Å². The maximum atomic E-state index is 12.2.